The van der Waals surface area contributed by atoms with Gasteiger partial charge >= 0.3 is 0 Å². The smallest absolute Gasteiger partial charge is 0.230 e. The lowest BCUT2D eigenvalue weighted by atomic mass is 9.76. The zero-order chi connectivity index (χ0) is 33.6. The second-order valence-corrected chi connectivity index (χ2v) is 14.8. The molecule has 1 N–H and O–H groups in total. The van der Waals surface area contributed by atoms with Crippen LogP contribution in [0, 0.1) is 0 Å². The summed E-state index contributed by atoms with van der Waals surface area (Å²) in [6.45, 7) is 15.4. The minimum atomic E-state index is -0.0554. The molecule has 5 rings (SSSR count). The number of nitrogens with one attached hydrogen (secondary N) is 1. The van der Waals surface area contributed by atoms with E-state index < -0.39 is 0 Å². The van der Waals surface area contributed by atoms with Gasteiger partial charge in [0, 0.05) is 29.1 Å². The van der Waals surface area contributed by atoms with Gasteiger partial charge in [-0.3, -0.25) is 4.79 Å². The maximum Gasteiger partial charge on any atom is 0.230 e. The molecule has 0 atom stereocenters. The van der Waals surface area contributed by atoms with Crippen LogP contribution in [0.1, 0.15) is 83.9 Å². The van der Waals surface area contributed by atoms with E-state index in [4.69, 9.17) is 21.3 Å². The zero-order valence-electron chi connectivity index (χ0n) is 28.4. The predicted octanol–water partition coefficient (Wildman–Crippen LogP) is 9.12. The normalized spacial score (nSPS) is 12.1. The average molecular weight is 672 g/mol. The summed E-state index contributed by atoms with van der Waals surface area (Å²) in [6.07, 6.45) is 3.80. The van der Waals surface area contributed by atoms with Gasteiger partial charge in [0.25, 0.3) is 0 Å². The van der Waals surface area contributed by atoms with Gasteiger partial charge in [0.05, 0.1) is 17.9 Å². The van der Waals surface area contributed by atoms with Gasteiger partial charge in [0.2, 0.25) is 11.1 Å². The third kappa shape index (κ3) is 8.28. The van der Waals surface area contributed by atoms with Crippen LogP contribution in [0.2, 0.25) is 5.02 Å². The van der Waals surface area contributed by atoms with Crippen molar-refractivity contribution in [1.29, 1.82) is 0 Å². The van der Waals surface area contributed by atoms with Gasteiger partial charge in [-0.15, -0.1) is 10.2 Å². The fraction of sp³-hybridized carbons (Fsp3) is 0.421. The van der Waals surface area contributed by atoms with Crippen molar-refractivity contribution in [2.45, 2.75) is 89.8 Å². The number of aromatic nitrogens is 4. The third-order valence-corrected chi connectivity index (χ3v) is 10.4. The van der Waals surface area contributed by atoms with E-state index in [2.05, 4.69) is 85.9 Å². The molecule has 0 aliphatic rings. The van der Waals surface area contributed by atoms with Crippen LogP contribution in [-0.4, -0.2) is 44.6 Å². The summed E-state index contributed by atoms with van der Waals surface area (Å²) in [7, 11) is 0. The van der Waals surface area contributed by atoms with Crippen LogP contribution in [0.15, 0.2) is 71.9 Å². The van der Waals surface area contributed by atoms with Crippen LogP contribution in [-0.2, 0) is 22.2 Å². The van der Waals surface area contributed by atoms with E-state index in [1.54, 1.807) is 0 Å². The highest BCUT2D eigenvalue weighted by molar-refractivity contribution is 7.99. The van der Waals surface area contributed by atoms with Gasteiger partial charge in [-0.2, -0.15) is 0 Å². The molecule has 0 radical (unpaired) electrons. The number of halogens is 1. The number of unbranched alkanes of at least 4 members (excludes halogenated alkanes) is 1. The number of thioether (sulfide) groups is 1. The number of nitrogens with zero attached hydrogens (tertiary/aromatic N) is 4. The summed E-state index contributed by atoms with van der Waals surface area (Å²) in [5, 5.41) is 14.0. The Kier molecular flexibility index (Phi) is 11.1. The molecule has 0 unspecified atom stereocenters. The minimum absolute atomic E-state index is 0.0251. The number of fused-ring (bicyclic) bond motifs is 3. The van der Waals surface area contributed by atoms with E-state index >= 15 is 0 Å². The van der Waals surface area contributed by atoms with Crippen LogP contribution in [0.4, 0.5) is 0 Å². The highest BCUT2D eigenvalue weighted by atomic mass is 35.5. The Labute approximate surface area is 287 Å². The molecular formula is C38H46ClN5O2S. The number of carbonyl (C=O) groups excluding carboxylic acids is 1. The molecule has 0 fully saturated rings. The van der Waals surface area contributed by atoms with Gasteiger partial charge in [-0.1, -0.05) is 107 Å². The Balaban J connectivity index is 1.14. The SMILES string of the molecule is CCC(C)(C)c1ccc(OCCCCNC(=O)CSc2nnc3c4ccccc4n(Cc4cccc(Cl)c4)c3n2)c(C(C)(C)CC)c1. The van der Waals surface area contributed by atoms with Crippen molar-refractivity contribution in [2.24, 2.45) is 0 Å². The lowest BCUT2D eigenvalue weighted by Gasteiger charge is -2.30. The lowest BCUT2D eigenvalue weighted by Crippen LogP contribution is -2.26. The molecule has 0 aliphatic heterocycles. The molecule has 3 aromatic carbocycles. The first-order valence-electron chi connectivity index (χ1n) is 16.6. The van der Waals surface area contributed by atoms with E-state index in [0.29, 0.717) is 29.9 Å². The molecule has 0 spiro atoms. The summed E-state index contributed by atoms with van der Waals surface area (Å²) in [6, 6.07) is 22.6. The van der Waals surface area contributed by atoms with E-state index in [1.807, 2.05) is 42.5 Å². The third-order valence-electron chi connectivity index (χ3n) is 9.33. The molecule has 47 heavy (non-hydrogen) atoms. The van der Waals surface area contributed by atoms with Crippen LogP contribution >= 0.6 is 23.4 Å². The van der Waals surface area contributed by atoms with E-state index in [0.717, 1.165) is 59.1 Å². The Morgan fingerprint density at radius 1 is 0.936 bits per heavy atom. The van der Waals surface area contributed by atoms with E-state index in [9.17, 15) is 4.79 Å². The average Bonchev–Trinajstić information content (AvgIpc) is 3.37. The summed E-state index contributed by atoms with van der Waals surface area (Å²) in [5.41, 5.74) is 6.34. The van der Waals surface area contributed by atoms with Crippen molar-refractivity contribution in [3.8, 4) is 5.75 Å². The van der Waals surface area contributed by atoms with Gasteiger partial charge in [-0.05, 0) is 71.9 Å². The van der Waals surface area contributed by atoms with Crippen molar-refractivity contribution in [1.82, 2.24) is 25.1 Å². The maximum absolute atomic E-state index is 12.7. The molecule has 1 amide bonds. The van der Waals surface area contributed by atoms with Crippen molar-refractivity contribution in [3.05, 3.63) is 88.4 Å². The maximum atomic E-state index is 12.7. The Bertz CT molecular complexity index is 1850. The van der Waals surface area contributed by atoms with Crippen molar-refractivity contribution >= 4 is 51.3 Å². The molecule has 0 bridgehead atoms. The number of amides is 1. The fourth-order valence-electron chi connectivity index (χ4n) is 5.55. The molecule has 2 heterocycles. The lowest BCUT2D eigenvalue weighted by molar-refractivity contribution is -0.118. The van der Waals surface area contributed by atoms with Crippen molar-refractivity contribution in [3.63, 3.8) is 0 Å². The van der Waals surface area contributed by atoms with Crippen LogP contribution in [0.3, 0.4) is 0 Å². The second-order valence-electron chi connectivity index (χ2n) is 13.4. The first-order valence-corrected chi connectivity index (χ1v) is 17.9. The number of ether oxygens (including phenoxy) is 1. The van der Waals surface area contributed by atoms with Crippen molar-refractivity contribution in [2.75, 3.05) is 18.9 Å². The molecule has 0 aliphatic carbocycles. The summed E-state index contributed by atoms with van der Waals surface area (Å²) >= 11 is 7.55. The number of rotatable bonds is 15. The summed E-state index contributed by atoms with van der Waals surface area (Å²) in [5.74, 6) is 1.12. The highest BCUT2D eigenvalue weighted by Crippen LogP contribution is 2.38. The summed E-state index contributed by atoms with van der Waals surface area (Å²) < 4.78 is 8.43. The molecule has 5 aromatic rings. The van der Waals surface area contributed by atoms with Crippen LogP contribution in [0.5, 0.6) is 5.75 Å². The monoisotopic (exact) mass is 671 g/mol. The largest absolute Gasteiger partial charge is 0.493 e. The molecule has 7 nitrogen and oxygen atoms in total. The van der Waals surface area contributed by atoms with Crippen LogP contribution in [0.25, 0.3) is 22.1 Å². The second kappa shape index (κ2) is 15.1. The van der Waals surface area contributed by atoms with Gasteiger partial charge < -0.3 is 14.6 Å². The molecule has 0 saturated carbocycles. The highest BCUT2D eigenvalue weighted by Gasteiger charge is 2.26. The van der Waals surface area contributed by atoms with Gasteiger partial charge in [-0.25, -0.2) is 4.98 Å². The van der Waals surface area contributed by atoms with Crippen molar-refractivity contribution < 1.29 is 9.53 Å². The number of hydrogen-bond acceptors (Lipinski definition) is 6. The Morgan fingerprint density at radius 3 is 2.49 bits per heavy atom. The Morgan fingerprint density at radius 2 is 1.72 bits per heavy atom. The Hall–Kier alpha value is -3.62. The minimum Gasteiger partial charge on any atom is -0.493 e. The van der Waals surface area contributed by atoms with Gasteiger partial charge in [0.1, 0.15) is 11.3 Å². The number of benzene rings is 3. The molecule has 2 aromatic heterocycles. The molecular weight excluding hydrogens is 626 g/mol. The molecule has 248 valence electrons. The van der Waals surface area contributed by atoms with Gasteiger partial charge in [0.15, 0.2) is 5.65 Å². The standard InChI is InChI=1S/C38H46ClN5O2S/c1-7-37(3,4)27-18-19-32(30(23-27)38(5,6)8-2)46-21-12-11-20-40-33(45)25-47-36-41-35-34(42-43-36)29-16-9-10-17-31(29)44(35)24-26-14-13-15-28(39)22-26/h9-10,13-19,22-23H,7-8,11-12,20-21,24-25H2,1-6H3,(H,40,45). The first-order chi connectivity index (χ1) is 22.5. The summed E-state index contributed by atoms with van der Waals surface area (Å²) in [4.78, 5) is 17.5. The predicted molar refractivity (Wildman–Crippen MR) is 195 cm³/mol. The number of hydrogen-bond donors (Lipinski definition) is 1. The number of para-hydroxylation sites is 1. The first kappa shape index (κ1) is 34.7. The molecule has 0 saturated heterocycles. The zero-order valence-corrected chi connectivity index (χ0v) is 30.0. The van der Waals surface area contributed by atoms with E-state index in [1.165, 1.54) is 22.9 Å². The topological polar surface area (TPSA) is 81.9 Å². The molecule has 9 heteroatoms. The number of carbonyl (C=O) groups is 1. The van der Waals surface area contributed by atoms with E-state index in [-0.39, 0.29) is 22.5 Å². The fourth-order valence-corrected chi connectivity index (χ4v) is 6.37. The quantitative estimate of drug-likeness (QED) is 0.0883. The van der Waals surface area contributed by atoms with Crippen LogP contribution < -0.4 is 10.1 Å².